The predicted molar refractivity (Wildman–Crippen MR) is 527 cm³/mol. The number of carbonyl (C=O) groups excluding carboxylic acids is 4. The second-order valence-corrected chi connectivity index (χ2v) is 43.0. The first-order valence-corrected chi connectivity index (χ1v) is 48.0. The largest absolute Gasteiger partial charge is 0.289 e. The van der Waals surface area contributed by atoms with Gasteiger partial charge in [-0.1, -0.05) is 383 Å². The lowest BCUT2D eigenvalue weighted by atomic mass is 9.73. The first-order chi connectivity index (χ1) is 58.8. The molecule has 14 rings (SSSR count). The predicted octanol–water partition coefficient (Wildman–Crippen LogP) is 33.3. The van der Waals surface area contributed by atoms with Crippen molar-refractivity contribution in [1.82, 2.24) is 0 Å². The Bertz CT molecular complexity index is 5250. The topological polar surface area (TPSA) is 68.3 Å². The highest BCUT2D eigenvalue weighted by molar-refractivity contribution is 6.13. The highest BCUT2D eigenvalue weighted by atomic mass is 16.1. The van der Waals surface area contributed by atoms with Crippen LogP contribution in [-0.2, 0) is 28.1 Å². The van der Waals surface area contributed by atoms with Crippen LogP contribution in [0.15, 0.2) is 218 Å². The summed E-state index contributed by atoms with van der Waals surface area (Å²) in [6.45, 7) is 50.5. The maximum Gasteiger partial charge on any atom is 0.193 e. The maximum atomic E-state index is 14.1. The fourth-order valence-corrected chi connectivity index (χ4v) is 20.7. The van der Waals surface area contributed by atoms with Gasteiger partial charge in [-0.05, 0) is 286 Å². The van der Waals surface area contributed by atoms with Crippen LogP contribution in [0.4, 0.5) is 0 Å². The van der Waals surface area contributed by atoms with Gasteiger partial charge in [0.25, 0.3) is 0 Å². The molecule has 0 saturated heterocycles. The van der Waals surface area contributed by atoms with Crippen molar-refractivity contribution in [2.24, 2.45) is 11.8 Å². The summed E-state index contributed by atoms with van der Waals surface area (Å²) >= 11 is 0. The number of ketones is 4. The van der Waals surface area contributed by atoms with E-state index in [-0.39, 0.29) is 44.8 Å². The molecule has 0 aliphatic heterocycles. The Morgan fingerprint density at radius 2 is 0.556 bits per heavy atom. The SMILES string of the molecule is CC1CCCC(c2ccc(C(C)(C)C)c(C(=O)c3ccccc3C(C)C)c2)CC1.CCc1ccccc1C(=O)c1cc(C2CCCC(c3ccccc3)C2)ccc1C(C)(C)C.Cc1ccc(C(C)C)c(C(=O)c2cc(C3CCC(C)CC3)ccc2C(C)(C)C)c1.Cc1ccc(C(C)C)c(C(=O)c2cc(C3CCCC(c4ccccc4)C3)ccc2C(C)(C)C)c1. The van der Waals surface area contributed by atoms with Gasteiger partial charge in [0.1, 0.15) is 0 Å². The van der Waals surface area contributed by atoms with Crippen LogP contribution in [0.2, 0.25) is 0 Å². The number of benzene rings is 10. The molecule has 0 aromatic heterocycles. The van der Waals surface area contributed by atoms with Crippen LogP contribution in [0, 0.1) is 25.7 Å². The zero-order chi connectivity index (χ0) is 89.7. The Morgan fingerprint density at radius 3 is 0.919 bits per heavy atom. The minimum atomic E-state index is -0.0928. The van der Waals surface area contributed by atoms with Crippen molar-refractivity contribution in [2.45, 2.75) is 350 Å². The average molecular weight is 1660 g/mol. The molecule has 0 heterocycles. The minimum absolute atomic E-state index is 0.0612. The Labute approximate surface area is 750 Å². The van der Waals surface area contributed by atoms with Gasteiger partial charge in [0, 0.05) is 44.5 Å². The maximum absolute atomic E-state index is 14.1. The summed E-state index contributed by atoms with van der Waals surface area (Å²) < 4.78 is 0. The molecule has 6 atom stereocenters. The number of aryl methyl sites for hydroxylation is 3. The lowest BCUT2D eigenvalue weighted by Gasteiger charge is -2.31. The van der Waals surface area contributed by atoms with Crippen LogP contribution in [-0.4, -0.2) is 23.1 Å². The molecule has 4 aliphatic rings. The van der Waals surface area contributed by atoms with Crippen LogP contribution in [0.1, 0.15) is 461 Å². The van der Waals surface area contributed by atoms with Gasteiger partial charge in [-0.25, -0.2) is 0 Å². The van der Waals surface area contributed by atoms with Gasteiger partial charge in [-0.3, -0.25) is 19.2 Å². The number of hydrogen-bond donors (Lipinski definition) is 0. The minimum Gasteiger partial charge on any atom is -0.289 e. The van der Waals surface area contributed by atoms with Crippen molar-refractivity contribution in [2.75, 3.05) is 0 Å². The van der Waals surface area contributed by atoms with E-state index in [4.69, 9.17) is 0 Å². The third kappa shape index (κ3) is 24.2. The van der Waals surface area contributed by atoms with Crippen LogP contribution in [0.3, 0.4) is 0 Å². The van der Waals surface area contributed by atoms with E-state index in [2.05, 4.69) is 341 Å². The first-order valence-electron chi connectivity index (χ1n) is 48.0. The van der Waals surface area contributed by atoms with E-state index in [1.165, 1.54) is 130 Å². The lowest BCUT2D eigenvalue weighted by Crippen LogP contribution is -2.20. The molecule has 0 amide bonds. The van der Waals surface area contributed by atoms with E-state index in [1.54, 1.807) is 0 Å². The van der Waals surface area contributed by atoms with E-state index >= 15 is 0 Å². The van der Waals surface area contributed by atoms with E-state index < -0.39 is 0 Å². The summed E-state index contributed by atoms with van der Waals surface area (Å²) in [5.74, 6) is 6.75. The van der Waals surface area contributed by atoms with E-state index in [1.807, 2.05) is 36.4 Å². The first kappa shape index (κ1) is 95.5. The molecule has 6 unspecified atom stereocenters. The van der Waals surface area contributed by atoms with Crippen molar-refractivity contribution in [1.29, 1.82) is 0 Å². The normalized spacial score (nSPS) is 19.6. The molecular weight excluding hydrogens is 1510 g/mol. The van der Waals surface area contributed by atoms with Gasteiger partial charge in [0.2, 0.25) is 0 Å². The number of hydrogen-bond acceptors (Lipinski definition) is 4. The third-order valence-corrected chi connectivity index (χ3v) is 28.1. The summed E-state index contributed by atoms with van der Waals surface area (Å²) in [4.78, 5) is 55.6. The summed E-state index contributed by atoms with van der Waals surface area (Å²) in [5, 5.41) is 0. The van der Waals surface area contributed by atoms with Crippen molar-refractivity contribution in [3.8, 4) is 0 Å². The zero-order valence-electron chi connectivity index (χ0n) is 80.5. The molecule has 0 radical (unpaired) electrons. The number of rotatable bonds is 18. The second kappa shape index (κ2) is 42.0. The van der Waals surface area contributed by atoms with Crippen LogP contribution < -0.4 is 0 Å². The highest BCUT2D eigenvalue weighted by Gasteiger charge is 2.35. The molecule has 0 N–H and O–H groups in total. The molecule has 4 nitrogen and oxygen atoms in total. The van der Waals surface area contributed by atoms with Crippen LogP contribution in [0.5, 0.6) is 0 Å². The fourth-order valence-electron chi connectivity index (χ4n) is 20.7. The Hall–Kier alpha value is -9.12. The van der Waals surface area contributed by atoms with Crippen molar-refractivity contribution in [3.63, 3.8) is 0 Å². The molecule has 4 heteroatoms. The molecule has 4 fully saturated rings. The van der Waals surface area contributed by atoms with Gasteiger partial charge in [-0.2, -0.15) is 0 Å². The van der Waals surface area contributed by atoms with Crippen molar-refractivity contribution in [3.05, 3.63) is 352 Å². The second-order valence-electron chi connectivity index (χ2n) is 43.0. The molecule has 4 saturated carbocycles. The smallest absolute Gasteiger partial charge is 0.193 e. The summed E-state index contributed by atoms with van der Waals surface area (Å²) in [5.41, 5.74) is 26.5. The molecule has 10 aromatic carbocycles. The Morgan fingerprint density at radius 1 is 0.274 bits per heavy atom. The van der Waals surface area contributed by atoms with Crippen LogP contribution >= 0.6 is 0 Å². The van der Waals surface area contributed by atoms with Gasteiger partial charge >= 0.3 is 0 Å². The van der Waals surface area contributed by atoms with Crippen molar-refractivity contribution >= 4 is 23.1 Å². The third-order valence-electron chi connectivity index (χ3n) is 28.1. The number of carbonyl (C=O) groups is 4. The summed E-state index contributed by atoms with van der Waals surface area (Å²) in [6, 6.07) is 77.9. The van der Waals surface area contributed by atoms with Gasteiger partial charge < -0.3 is 0 Å². The van der Waals surface area contributed by atoms with E-state index in [0.29, 0.717) is 53.3 Å². The molecule has 10 aromatic rings. The Balaban J connectivity index is 0.000000161. The quantitative estimate of drug-likeness (QED) is 0.0634. The van der Waals surface area contributed by atoms with Gasteiger partial charge in [0.15, 0.2) is 23.1 Å². The summed E-state index contributed by atoms with van der Waals surface area (Å²) in [7, 11) is 0. The summed E-state index contributed by atoms with van der Waals surface area (Å²) in [6.07, 6.45) is 22.1. The van der Waals surface area contributed by atoms with Crippen molar-refractivity contribution < 1.29 is 19.2 Å². The molecule has 4 aliphatic carbocycles. The molecule has 656 valence electrons. The monoisotopic (exact) mass is 1660 g/mol. The average Bonchev–Trinajstić information content (AvgIpc) is 0.771. The molecule has 0 spiro atoms. The lowest BCUT2D eigenvalue weighted by molar-refractivity contribution is 0.102. The van der Waals surface area contributed by atoms with Crippen LogP contribution in [0.25, 0.3) is 0 Å². The molecular formula is C120H152O4. The highest BCUT2D eigenvalue weighted by Crippen LogP contribution is 2.47. The van der Waals surface area contributed by atoms with E-state index in [0.717, 1.165) is 131 Å². The molecule has 124 heavy (non-hydrogen) atoms. The van der Waals surface area contributed by atoms with Gasteiger partial charge in [0.05, 0.1) is 0 Å². The molecule has 0 bridgehead atoms. The van der Waals surface area contributed by atoms with E-state index in [9.17, 15) is 19.2 Å². The Kier molecular flexibility index (Phi) is 32.4. The zero-order valence-corrected chi connectivity index (χ0v) is 80.5. The fraction of sp³-hybridized carbons (Fsp3) is 0.467. The van der Waals surface area contributed by atoms with Gasteiger partial charge in [-0.15, -0.1) is 0 Å². The standard InChI is InChI=1S/C33H40O.C31H36O.2C28H38O/c1-22(2)28-17-15-23(3)19-29(28)32(34)30-21-27(16-18-31(30)33(4,5)6)26-14-10-13-25(20-26)24-11-8-7-9-12-24;1-5-22-12-9-10-17-27(22)30(32)28-21-26(18-19-29(28)31(2,3)4)25-16-11-15-24(20-25)23-13-7-6-8-14-23;1-18(2)23-14-10-20(4)16-24(23)27(29)25-17-22(13-15-26(25)28(5,6)7)21-11-8-19(3)9-12-21;1-19(2)23-12-7-8-13-24(23)27(29)25-18-22(16-17-26(25)28(4,5)6)21-11-9-10-20(3)14-15-21/h7-9,11-12,15-19,21-22,25-26H,10,13-14,20H2,1-6H3;6-10,12-14,17-19,21,24-25H,5,11,15-16,20H2,1-4H3;10,13-19,21H,8-9,11-12H2,1-7H3;7-8,12-13,16-21H,9-11,14-15H2,1-6H3.